The summed E-state index contributed by atoms with van der Waals surface area (Å²) in [5.41, 5.74) is 0. The molecular weight excluding hydrogens is 164 g/mol. The monoisotopic (exact) mass is 182 g/mol. The Labute approximate surface area is 80.9 Å². The average molecular weight is 182 g/mol. The largest absolute Gasteiger partial charge is 0.342 e. The van der Waals surface area contributed by atoms with Crippen LogP contribution in [0, 0.1) is 11.8 Å². The summed E-state index contributed by atoms with van der Waals surface area (Å²) in [4.78, 5) is 0. The molecule has 74 valence electrons. The predicted octanol–water partition coefficient (Wildman–Crippen LogP) is 2.36. The molecule has 0 aromatic rings. The first kappa shape index (κ1) is 12.2. The summed E-state index contributed by atoms with van der Waals surface area (Å²) in [5, 5.41) is 0. The van der Waals surface area contributed by atoms with E-state index in [4.69, 9.17) is 9.47 Å². The zero-order chi connectivity index (χ0) is 9.94. The normalized spacial score (nSPS) is 9.46. The van der Waals surface area contributed by atoms with Gasteiger partial charge >= 0.3 is 0 Å². The van der Waals surface area contributed by atoms with E-state index in [9.17, 15) is 0 Å². The molecule has 0 amide bonds. The molecule has 0 aliphatic rings. The summed E-state index contributed by atoms with van der Waals surface area (Å²) >= 11 is 0. The first-order valence-corrected chi connectivity index (χ1v) is 4.70. The zero-order valence-corrected chi connectivity index (χ0v) is 8.51. The lowest BCUT2D eigenvalue weighted by Gasteiger charge is -2.11. The summed E-state index contributed by atoms with van der Waals surface area (Å²) < 4.78 is 10.7. The molecule has 0 aromatic carbocycles. The molecular formula is C11H18O2. The molecule has 0 saturated heterocycles. The Morgan fingerprint density at radius 2 is 1.77 bits per heavy atom. The lowest BCUT2D eigenvalue weighted by molar-refractivity contribution is -0.104. The third kappa shape index (κ3) is 7.58. The van der Waals surface area contributed by atoms with Gasteiger partial charge in [0.15, 0.2) is 0 Å². The number of allylic oxidation sites excluding steroid dienone is 1. The highest BCUT2D eigenvalue weighted by Gasteiger charge is 2.02. The van der Waals surface area contributed by atoms with Gasteiger partial charge in [0.05, 0.1) is 13.2 Å². The first-order valence-electron chi connectivity index (χ1n) is 4.70. The van der Waals surface area contributed by atoms with Crippen LogP contribution in [0.2, 0.25) is 0 Å². The van der Waals surface area contributed by atoms with Gasteiger partial charge in [-0.3, -0.25) is 0 Å². The van der Waals surface area contributed by atoms with Gasteiger partial charge in [0.1, 0.15) is 0 Å². The minimum absolute atomic E-state index is 0.391. The van der Waals surface area contributed by atoms with Crippen LogP contribution in [0.15, 0.2) is 12.7 Å². The molecule has 13 heavy (non-hydrogen) atoms. The Bertz CT molecular complexity index is 168. The quantitative estimate of drug-likeness (QED) is 0.463. The molecule has 0 heterocycles. The van der Waals surface area contributed by atoms with Gasteiger partial charge in [-0.2, -0.15) is 0 Å². The van der Waals surface area contributed by atoms with E-state index in [-0.39, 0.29) is 0 Å². The molecule has 2 nitrogen and oxygen atoms in total. The number of rotatable bonds is 6. The van der Waals surface area contributed by atoms with E-state index in [2.05, 4.69) is 32.3 Å². The lowest BCUT2D eigenvalue weighted by atomic mass is 10.5. The van der Waals surface area contributed by atoms with Crippen molar-refractivity contribution in [3.63, 3.8) is 0 Å². The molecule has 0 fully saturated rings. The van der Waals surface area contributed by atoms with Crippen LogP contribution in [0.3, 0.4) is 0 Å². The minimum atomic E-state index is -0.391. The van der Waals surface area contributed by atoms with Crippen molar-refractivity contribution in [2.45, 2.75) is 33.0 Å². The summed E-state index contributed by atoms with van der Waals surface area (Å²) in [6, 6.07) is 0. The number of ether oxygens (including phenoxy) is 2. The maximum absolute atomic E-state index is 5.35. The van der Waals surface area contributed by atoms with Crippen molar-refractivity contribution in [3.05, 3.63) is 12.7 Å². The zero-order valence-electron chi connectivity index (χ0n) is 8.51. The molecule has 0 aliphatic heterocycles. The standard InChI is InChI=1S/C11H18O2/c1-4-7-8-11(12-9-5-2)13-10-6-3/h4,11H,1,5-6,9-10H2,2-3H3. The SMILES string of the molecule is C=CC#CC(OCCC)OCCC. The molecule has 2 heteroatoms. The average Bonchev–Trinajstić information content (AvgIpc) is 2.17. The van der Waals surface area contributed by atoms with Crippen molar-refractivity contribution in [3.8, 4) is 11.8 Å². The summed E-state index contributed by atoms with van der Waals surface area (Å²) in [5.74, 6) is 5.56. The van der Waals surface area contributed by atoms with Crippen LogP contribution in [-0.2, 0) is 9.47 Å². The Hall–Kier alpha value is -0.780. The van der Waals surface area contributed by atoms with Gasteiger partial charge < -0.3 is 9.47 Å². The fourth-order valence-corrected chi connectivity index (χ4v) is 0.708. The Morgan fingerprint density at radius 1 is 1.23 bits per heavy atom. The van der Waals surface area contributed by atoms with Crippen molar-refractivity contribution in [1.82, 2.24) is 0 Å². The summed E-state index contributed by atoms with van der Waals surface area (Å²) in [7, 11) is 0. The lowest BCUT2D eigenvalue weighted by Crippen LogP contribution is -2.16. The van der Waals surface area contributed by atoms with Crippen LogP contribution in [0.5, 0.6) is 0 Å². The first-order chi connectivity index (χ1) is 6.35. The minimum Gasteiger partial charge on any atom is -0.342 e. The van der Waals surface area contributed by atoms with Gasteiger partial charge in [-0.15, -0.1) is 0 Å². The van der Waals surface area contributed by atoms with Crippen LogP contribution in [0.1, 0.15) is 26.7 Å². The van der Waals surface area contributed by atoms with E-state index in [0.717, 1.165) is 12.8 Å². The van der Waals surface area contributed by atoms with Gasteiger partial charge in [0.2, 0.25) is 6.29 Å². The second kappa shape index (κ2) is 9.31. The molecule has 0 aliphatic carbocycles. The smallest absolute Gasteiger partial charge is 0.222 e. The molecule has 0 rings (SSSR count). The van der Waals surface area contributed by atoms with E-state index in [1.165, 1.54) is 6.08 Å². The van der Waals surface area contributed by atoms with Gasteiger partial charge in [0, 0.05) is 0 Å². The Kier molecular flexibility index (Phi) is 8.75. The second-order valence-electron chi connectivity index (χ2n) is 2.57. The third-order valence-corrected chi connectivity index (χ3v) is 1.25. The van der Waals surface area contributed by atoms with E-state index >= 15 is 0 Å². The summed E-state index contributed by atoms with van der Waals surface area (Å²) in [6.45, 7) is 8.98. The second-order valence-corrected chi connectivity index (χ2v) is 2.57. The Balaban J connectivity index is 3.79. The van der Waals surface area contributed by atoms with Crippen LogP contribution >= 0.6 is 0 Å². The Morgan fingerprint density at radius 3 is 2.15 bits per heavy atom. The fourth-order valence-electron chi connectivity index (χ4n) is 0.708. The van der Waals surface area contributed by atoms with E-state index in [1.807, 2.05) is 0 Å². The van der Waals surface area contributed by atoms with E-state index < -0.39 is 6.29 Å². The van der Waals surface area contributed by atoms with Crippen LogP contribution in [0.25, 0.3) is 0 Å². The third-order valence-electron chi connectivity index (χ3n) is 1.25. The van der Waals surface area contributed by atoms with Crippen LogP contribution < -0.4 is 0 Å². The predicted molar refractivity (Wildman–Crippen MR) is 54.2 cm³/mol. The highest BCUT2D eigenvalue weighted by Crippen LogP contribution is 1.96. The number of hydrogen-bond acceptors (Lipinski definition) is 2. The van der Waals surface area contributed by atoms with Crippen molar-refractivity contribution in [2.24, 2.45) is 0 Å². The van der Waals surface area contributed by atoms with E-state index in [1.54, 1.807) is 0 Å². The highest BCUT2D eigenvalue weighted by atomic mass is 16.7. The maximum Gasteiger partial charge on any atom is 0.222 e. The molecule has 0 atom stereocenters. The molecule has 0 saturated carbocycles. The molecule has 0 spiro atoms. The van der Waals surface area contributed by atoms with Crippen LogP contribution in [0.4, 0.5) is 0 Å². The van der Waals surface area contributed by atoms with Gasteiger partial charge in [-0.05, 0) is 24.8 Å². The fraction of sp³-hybridized carbons (Fsp3) is 0.636. The molecule has 0 aromatic heterocycles. The van der Waals surface area contributed by atoms with Gasteiger partial charge in [-0.25, -0.2) is 0 Å². The maximum atomic E-state index is 5.35. The molecule has 0 N–H and O–H groups in total. The van der Waals surface area contributed by atoms with Gasteiger partial charge in [0.25, 0.3) is 0 Å². The van der Waals surface area contributed by atoms with E-state index in [0.29, 0.717) is 13.2 Å². The van der Waals surface area contributed by atoms with Crippen molar-refractivity contribution in [1.29, 1.82) is 0 Å². The van der Waals surface area contributed by atoms with Crippen molar-refractivity contribution < 1.29 is 9.47 Å². The molecule has 0 unspecified atom stereocenters. The molecule has 0 bridgehead atoms. The van der Waals surface area contributed by atoms with Crippen LogP contribution in [-0.4, -0.2) is 19.5 Å². The molecule has 0 radical (unpaired) electrons. The van der Waals surface area contributed by atoms with Crippen molar-refractivity contribution in [2.75, 3.05) is 13.2 Å². The highest BCUT2D eigenvalue weighted by molar-refractivity contribution is 5.13. The van der Waals surface area contributed by atoms with Crippen molar-refractivity contribution >= 4 is 0 Å². The van der Waals surface area contributed by atoms with Gasteiger partial charge in [-0.1, -0.05) is 26.3 Å². The topological polar surface area (TPSA) is 18.5 Å². The number of hydrogen-bond donors (Lipinski definition) is 0. The summed E-state index contributed by atoms with van der Waals surface area (Å²) in [6.07, 6.45) is 3.10.